The number of phosphoric ester groups is 1. The summed E-state index contributed by atoms with van der Waals surface area (Å²) in [5, 5.41) is 0. The molecule has 0 fully saturated rings. The highest BCUT2D eigenvalue weighted by Crippen LogP contribution is 2.41. The molecule has 4 aromatic rings. The number of carbonyl (C=O) groups excluding carboxylic acids is 1. The Hall–Kier alpha value is -4.88. The molecule has 0 aliphatic carbocycles. The Labute approximate surface area is 349 Å². The molecule has 0 aromatic heterocycles. The molecule has 0 bridgehead atoms. The maximum Gasteiger partial charge on any atom is 0.514 e. The van der Waals surface area contributed by atoms with Crippen molar-refractivity contribution in [2.24, 2.45) is 0 Å². The topological polar surface area (TPSA) is 124 Å². The first-order valence-electron chi connectivity index (χ1n) is 18.4. The molecule has 2 atom stereocenters. The standard InChI is InChI=1S/C41H42F10NO9P/c1-22(2)31-19-32(36(57-5)20-33(31)42)30-9-8-27(39(43,44)45)17-26(30)21-52(4)23(3)35(16-25-13-28(40(46,47)48)18-29(14-25)41(49,50)51)61-38(53)60-34-10-7-24(15-37(34)58-6)11-12-59-62(54,55)56/h7-10,13-15,17-20,22-23,35H,11-12,16,21H2,1-6H3,(H2,54,55,56). The number of halogens is 10. The Morgan fingerprint density at radius 1 is 0.726 bits per heavy atom. The molecule has 0 heterocycles. The smallest absolute Gasteiger partial charge is 0.496 e. The maximum absolute atomic E-state index is 15.0. The number of hydrogen-bond donors (Lipinski definition) is 2. The highest BCUT2D eigenvalue weighted by atomic mass is 31.2. The van der Waals surface area contributed by atoms with Gasteiger partial charge in [-0.2, -0.15) is 39.5 Å². The van der Waals surface area contributed by atoms with Crippen LogP contribution in [-0.4, -0.2) is 60.9 Å². The van der Waals surface area contributed by atoms with Crippen molar-refractivity contribution in [2.75, 3.05) is 27.9 Å². The second-order valence-electron chi connectivity index (χ2n) is 14.4. The highest BCUT2D eigenvalue weighted by molar-refractivity contribution is 7.46. The second kappa shape index (κ2) is 19.7. The molecule has 2 unspecified atom stereocenters. The first-order chi connectivity index (χ1) is 28.6. The number of nitrogens with zero attached hydrogens (tertiary/aromatic N) is 1. The van der Waals surface area contributed by atoms with Crippen LogP contribution in [-0.2, 0) is 51.7 Å². The predicted octanol–water partition coefficient (Wildman–Crippen LogP) is 11.0. The van der Waals surface area contributed by atoms with Gasteiger partial charge in [0.2, 0.25) is 0 Å². The van der Waals surface area contributed by atoms with E-state index in [4.69, 9.17) is 28.7 Å². The summed E-state index contributed by atoms with van der Waals surface area (Å²) in [5.41, 5.74) is -3.93. The summed E-state index contributed by atoms with van der Waals surface area (Å²) in [6.07, 6.45) is -19.3. The van der Waals surface area contributed by atoms with Crippen molar-refractivity contribution in [3.05, 3.63) is 111 Å². The number of phosphoric acid groups is 1. The van der Waals surface area contributed by atoms with Crippen LogP contribution in [0.3, 0.4) is 0 Å². The summed E-state index contributed by atoms with van der Waals surface area (Å²) in [6.45, 7) is 3.96. The highest BCUT2D eigenvalue weighted by Gasteiger charge is 2.38. The molecule has 0 saturated carbocycles. The van der Waals surface area contributed by atoms with Crippen LogP contribution in [0.4, 0.5) is 48.7 Å². The molecule has 0 amide bonds. The summed E-state index contributed by atoms with van der Waals surface area (Å²) in [4.78, 5) is 32.6. The van der Waals surface area contributed by atoms with Crippen molar-refractivity contribution in [1.82, 2.24) is 4.90 Å². The third-order valence-electron chi connectivity index (χ3n) is 9.72. The first kappa shape index (κ1) is 49.8. The van der Waals surface area contributed by atoms with Crippen LogP contribution >= 0.6 is 7.82 Å². The molecule has 0 aliphatic rings. The van der Waals surface area contributed by atoms with Crippen molar-refractivity contribution in [3.63, 3.8) is 0 Å². The lowest BCUT2D eigenvalue weighted by Gasteiger charge is -2.32. The van der Waals surface area contributed by atoms with Gasteiger partial charge in [-0.3, -0.25) is 9.42 Å². The SMILES string of the molecule is COc1cc(CCOP(=O)(O)O)ccc1OC(=O)OC(Cc1cc(C(F)(F)F)cc(C(F)(F)F)c1)C(C)N(C)Cc1cc(C(F)(F)F)ccc1-c1cc(C(C)C)c(F)cc1OC. The zero-order chi connectivity index (χ0) is 46.5. The van der Waals surface area contributed by atoms with E-state index in [2.05, 4.69) is 4.52 Å². The number of hydrogen-bond acceptors (Lipinski definition) is 8. The number of alkyl halides is 9. The molecule has 62 heavy (non-hydrogen) atoms. The number of carbonyl (C=O) groups is 1. The summed E-state index contributed by atoms with van der Waals surface area (Å²) in [6, 6.07) is 8.84. The minimum atomic E-state index is -5.23. The molecule has 4 aromatic carbocycles. The first-order valence-corrected chi connectivity index (χ1v) is 20.0. The Morgan fingerprint density at radius 2 is 1.32 bits per heavy atom. The minimum absolute atomic E-state index is 0.00966. The van der Waals surface area contributed by atoms with Gasteiger partial charge in [0.05, 0.1) is 37.5 Å². The average Bonchev–Trinajstić information content (AvgIpc) is 3.16. The Bertz CT molecular complexity index is 2230. The van der Waals surface area contributed by atoms with Crippen LogP contribution in [0.25, 0.3) is 11.1 Å². The molecule has 21 heteroatoms. The number of rotatable bonds is 16. The zero-order valence-corrected chi connectivity index (χ0v) is 34.7. The Balaban J connectivity index is 1.77. The molecule has 0 radical (unpaired) electrons. The maximum atomic E-state index is 15.0. The fourth-order valence-corrected chi connectivity index (χ4v) is 6.73. The zero-order valence-electron chi connectivity index (χ0n) is 33.8. The van der Waals surface area contributed by atoms with E-state index in [0.29, 0.717) is 17.7 Å². The molecule has 0 spiro atoms. The van der Waals surface area contributed by atoms with Crippen LogP contribution in [0.1, 0.15) is 65.6 Å². The lowest BCUT2D eigenvalue weighted by molar-refractivity contribution is -0.143. The molecule has 0 aliphatic heterocycles. The Kier molecular flexibility index (Phi) is 15.8. The molecule has 0 saturated heterocycles. The predicted molar refractivity (Wildman–Crippen MR) is 204 cm³/mol. The molecular weight excluding hydrogens is 871 g/mol. The van der Waals surface area contributed by atoms with Crippen LogP contribution in [0, 0.1) is 5.82 Å². The van der Waals surface area contributed by atoms with E-state index in [0.717, 1.165) is 24.3 Å². The van der Waals surface area contributed by atoms with Crippen molar-refractivity contribution in [2.45, 2.75) is 76.8 Å². The van der Waals surface area contributed by atoms with Gasteiger partial charge in [-0.15, -0.1) is 0 Å². The van der Waals surface area contributed by atoms with Crippen LogP contribution in [0.15, 0.2) is 66.7 Å². The van der Waals surface area contributed by atoms with Gasteiger partial charge >= 0.3 is 32.5 Å². The summed E-state index contributed by atoms with van der Waals surface area (Å²) in [5.74, 6) is -1.39. The van der Waals surface area contributed by atoms with E-state index in [-0.39, 0.29) is 57.9 Å². The summed E-state index contributed by atoms with van der Waals surface area (Å²) >= 11 is 0. The van der Waals surface area contributed by atoms with Crippen molar-refractivity contribution in [3.8, 4) is 28.4 Å². The monoisotopic (exact) mass is 913 g/mol. The molecule has 10 nitrogen and oxygen atoms in total. The third-order valence-corrected chi connectivity index (χ3v) is 10.2. The van der Waals surface area contributed by atoms with E-state index >= 15 is 4.39 Å². The van der Waals surface area contributed by atoms with Crippen molar-refractivity contribution >= 4 is 14.0 Å². The van der Waals surface area contributed by atoms with Gasteiger partial charge in [0, 0.05) is 30.6 Å². The normalized spacial score (nSPS) is 13.6. The number of likely N-dealkylation sites (N-methyl/N-ethyl adjacent to an activating group) is 1. The van der Waals surface area contributed by atoms with Gasteiger partial charge in [-0.1, -0.05) is 26.0 Å². The van der Waals surface area contributed by atoms with Crippen LogP contribution < -0.4 is 14.2 Å². The van der Waals surface area contributed by atoms with Gasteiger partial charge in [-0.05, 0) is 103 Å². The summed E-state index contributed by atoms with van der Waals surface area (Å²) in [7, 11) is -0.995. The van der Waals surface area contributed by atoms with Gasteiger partial charge in [-0.25, -0.2) is 13.8 Å². The van der Waals surface area contributed by atoms with Crippen LogP contribution in [0.2, 0.25) is 0 Å². The number of benzene rings is 4. The molecular formula is C41H42F10NO9P. The van der Waals surface area contributed by atoms with E-state index in [9.17, 15) is 48.9 Å². The van der Waals surface area contributed by atoms with Crippen molar-refractivity contribution < 1.29 is 86.5 Å². The van der Waals surface area contributed by atoms with Gasteiger partial charge in [0.15, 0.2) is 11.5 Å². The quantitative estimate of drug-likeness (QED) is 0.0486. The Morgan fingerprint density at radius 3 is 1.85 bits per heavy atom. The average molecular weight is 914 g/mol. The van der Waals surface area contributed by atoms with E-state index in [1.165, 1.54) is 57.4 Å². The van der Waals surface area contributed by atoms with Gasteiger partial charge < -0.3 is 28.7 Å². The van der Waals surface area contributed by atoms with E-state index < -0.39 is 92.3 Å². The third kappa shape index (κ3) is 13.3. The summed E-state index contributed by atoms with van der Waals surface area (Å²) < 4.78 is 178. The fraction of sp³-hybridized carbons (Fsp3) is 0.390. The minimum Gasteiger partial charge on any atom is -0.496 e. The molecule has 2 N–H and O–H groups in total. The van der Waals surface area contributed by atoms with E-state index in [1.807, 2.05) is 0 Å². The number of methoxy groups -OCH3 is 2. The van der Waals surface area contributed by atoms with E-state index in [1.54, 1.807) is 13.8 Å². The lowest BCUT2D eigenvalue weighted by atomic mass is 9.91. The van der Waals surface area contributed by atoms with Gasteiger partial charge in [0.1, 0.15) is 17.7 Å². The lowest BCUT2D eigenvalue weighted by Crippen LogP contribution is -2.43. The van der Waals surface area contributed by atoms with Crippen LogP contribution in [0.5, 0.6) is 17.2 Å². The second-order valence-corrected chi connectivity index (χ2v) is 15.7. The molecule has 340 valence electrons. The fourth-order valence-electron chi connectivity index (χ4n) is 6.41. The largest absolute Gasteiger partial charge is 0.514 e. The molecule has 4 rings (SSSR count). The van der Waals surface area contributed by atoms with Gasteiger partial charge in [0.25, 0.3) is 0 Å². The van der Waals surface area contributed by atoms with Crippen molar-refractivity contribution in [1.29, 1.82) is 0 Å². The number of ether oxygens (including phenoxy) is 4.